The van der Waals surface area contributed by atoms with E-state index >= 15 is 0 Å². The first-order chi connectivity index (χ1) is 18.7. The van der Waals surface area contributed by atoms with Crippen LogP contribution in [0.1, 0.15) is 22.3 Å². The Labute approximate surface area is 224 Å². The zero-order valence-electron chi connectivity index (χ0n) is 21.3. The summed E-state index contributed by atoms with van der Waals surface area (Å²) in [4.78, 5) is 0. The molecule has 0 saturated heterocycles. The Morgan fingerprint density at radius 2 is 0.632 bits per heavy atom. The molecule has 190 valence electrons. The van der Waals surface area contributed by atoms with Crippen LogP contribution >= 0.6 is 0 Å². The van der Waals surface area contributed by atoms with E-state index in [2.05, 4.69) is 48.5 Å². The second kappa shape index (κ2) is 12.0. The minimum atomic E-state index is 0.631. The molecular weight excluding hydrogens is 468 g/mol. The van der Waals surface area contributed by atoms with Gasteiger partial charge in [0, 0.05) is 0 Å². The third kappa shape index (κ3) is 6.16. The molecule has 4 nitrogen and oxygen atoms in total. The van der Waals surface area contributed by atoms with E-state index in [-0.39, 0.29) is 0 Å². The zero-order valence-corrected chi connectivity index (χ0v) is 21.3. The normalized spacial score (nSPS) is 10.7. The van der Waals surface area contributed by atoms with Crippen LogP contribution in [0.5, 0.6) is 23.0 Å². The molecule has 4 N–H and O–H groups in total. The maximum atomic E-state index is 6.19. The Kier molecular flexibility index (Phi) is 7.90. The Morgan fingerprint density at radius 1 is 0.342 bits per heavy atom. The van der Waals surface area contributed by atoms with Crippen LogP contribution in [0.15, 0.2) is 121 Å². The van der Waals surface area contributed by atoms with Gasteiger partial charge in [0.25, 0.3) is 0 Å². The molecular formula is C34H32N2O2. The number of ether oxygens (including phenoxy) is 2. The summed E-state index contributed by atoms with van der Waals surface area (Å²) in [6, 6.07) is 40.2. The number of aryl methyl sites for hydroxylation is 4. The van der Waals surface area contributed by atoms with Gasteiger partial charge in [0.2, 0.25) is 0 Å². The number of anilines is 2. The first-order valence-corrected chi connectivity index (χ1v) is 12.9. The van der Waals surface area contributed by atoms with Crippen molar-refractivity contribution in [3.8, 4) is 23.0 Å². The lowest BCUT2D eigenvalue weighted by Gasteiger charge is -2.15. The van der Waals surface area contributed by atoms with E-state index in [1.54, 1.807) is 0 Å². The topological polar surface area (TPSA) is 70.5 Å². The molecule has 5 aromatic rings. The summed E-state index contributed by atoms with van der Waals surface area (Å²) >= 11 is 0. The van der Waals surface area contributed by atoms with E-state index in [4.69, 9.17) is 20.9 Å². The minimum Gasteiger partial charge on any atom is -0.455 e. The van der Waals surface area contributed by atoms with Gasteiger partial charge in [-0.05, 0) is 84.3 Å². The number of nitrogen functional groups attached to an aromatic ring is 2. The summed E-state index contributed by atoms with van der Waals surface area (Å²) in [5.41, 5.74) is 18.5. The van der Waals surface area contributed by atoms with Gasteiger partial charge in [-0.15, -0.1) is 0 Å². The van der Waals surface area contributed by atoms with E-state index in [1.165, 1.54) is 11.1 Å². The summed E-state index contributed by atoms with van der Waals surface area (Å²) in [7, 11) is 0. The fraction of sp³-hybridized carbons (Fsp3) is 0.118. The van der Waals surface area contributed by atoms with Crippen molar-refractivity contribution in [2.45, 2.75) is 25.7 Å². The van der Waals surface area contributed by atoms with Crippen molar-refractivity contribution in [2.75, 3.05) is 11.5 Å². The SMILES string of the molecule is Nc1ccccc1Oc1ccccc1CCc1ccccc1CCc1ccccc1Oc1ccccc1N. The molecule has 0 bridgehead atoms. The second-order valence-electron chi connectivity index (χ2n) is 9.26. The third-order valence-electron chi connectivity index (χ3n) is 6.67. The molecule has 0 saturated carbocycles. The van der Waals surface area contributed by atoms with Crippen molar-refractivity contribution in [2.24, 2.45) is 0 Å². The molecule has 0 fully saturated rings. The van der Waals surface area contributed by atoms with Gasteiger partial charge in [0.1, 0.15) is 23.0 Å². The smallest absolute Gasteiger partial charge is 0.150 e. The van der Waals surface area contributed by atoms with E-state index in [0.29, 0.717) is 22.9 Å². The molecule has 0 atom stereocenters. The average molecular weight is 501 g/mol. The molecule has 0 amide bonds. The molecule has 0 unspecified atom stereocenters. The highest BCUT2D eigenvalue weighted by Crippen LogP contribution is 2.32. The lowest BCUT2D eigenvalue weighted by molar-refractivity contribution is 0.477. The Bertz CT molecular complexity index is 1400. The van der Waals surface area contributed by atoms with Gasteiger partial charge < -0.3 is 20.9 Å². The van der Waals surface area contributed by atoms with Gasteiger partial charge in [-0.2, -0.15) is 0 Å². The van der Waals surface area contributed by atoms with Crippen molar-refractivity contribution in [3.63, 3.8) is 0 Å². The number of para-hydroxylation sites is 6. The van der Waals surface area contributed by atoms with Gasteiger partial charge in [-0.1, -0.05) is 84.9 Å². The number of nitrogens with two attached hydrogens (primary N) is 2. The quantitative estimate of drug-likeness (QED) is 0.191. The van der Waals surface area contributed by atoms with Crippen LogP contribution in [0.2, 0.25) is 0 Å². The lowest BCUT2D eigenvalue weighted by atomic mass is 9.95. The lowest BCUT2D eigenvalue weighted by Crippen LogP contribution is -2.02. The van der Waals surface area contributed by atoms with E-state index in [1.807, 2.05) is 72.8 Å². The van der Waals surface area contributed by atoms with E-state index in [9.17, 15) is 0 Å². The number of hydrogen-bond donors (Lipinski definition) is 2. The Morgan fingerprint density at radius 3 is 1.03 bits per heavy atom. The van der Waals surface area contributed by atoms with Crippen molar-refractivity contribution in [3.05, 3.63) is 144 Å². The minimum absolute atomic E-state index is 0.631. The highest BCUT2D eigenvalue weighted by molar-refractivity contribution is 5.55. The largest absolute Gasteiger partial charge is 0.455 e. The standard InChI is InChI=1S/C34H32N2O2/c35-29-15-5-9-19-33(29)37-31-17-7-3-13-27(31)23-21-25-11-1-2-12-26(25)22-24-28-14-4-8-18-32(28)38-34-20-10-6-16-30(34)36/h1-20H,21-24,35-36H2. The molecule has 0 aliphatic rings. The first kappa shape index (κ1) is 25.0. The summed E-state index contributed by atoms with van der Waals surface area (Å²) in [5.74, 6) is 3.04. The highest BCUT2D eigenvalue weighted by atomic mass is 16.5. The fourth-order valence-corrected chi connectivity index (χ4v) is 4.59. The molecule has 0 aliphatic heterocycles. The van der Waals surface area contributed by atoms with Crippen molar-refractivity contribution < 1.29 is 9.47 Å². The van der Waals surface area contributed by atoms with E-state index in [0.717, 1.165) is 48.3 Å². The first-order valence-electron chi connectivity index (χ1n) is 12.9. The average Bonchev–Trinajstić information content (AvgIpc) is 2.95. The Balaban J connectivity index is 1.28. The van der Waals surface area contributed by atoms with Gasteiger partial charge in [0.15, 0.2) is 0 Å². The molecule has 0 heterocycles. The summed E-state index contributed by atoms with van der Waals surface area (Å²) in [5, 5.41) is 0. The third-order valence-corrected chi connectivity index (χ3v) is 6.67. The van der Waals surface area contributed by atoms with Crippen molar-refractivity contribution >= 4 is 11.4 Å². The van der Waals surface area contributed by atoms with Crippen molar-refractivity contribution in [1.29, 1.82) is 0 Å². The number of benzene rings is 5. The predicted molar refractivity (Wildman–Crippen MR) is 156 cm³/mol. The molecule has 0 radical (unpaired) electrons. The summed E-state index contributed by atoms with van der Waals surface area (Å²) < 4.78 is 12.4. The van der Waals surface area contributed by atoms with Crippen LogP contribution in [0, 0.1) is 0 Å². The van der Waals surface area contributed by atoms with Gasteiger partial charge in [0.05, 0.1) is 11.4 Å². The molecule has 0 aromatic heterocycles. The monoisotopic (exact) mass is 500 g/mol. The van der Waals surface area contributed by atoms with Crippen LogP contribution < -0.4 is 20.9 Å². The highest BCUT2D eigenvalue weighted by Gasteiger charge is 2.11. The summed E-state index contributed by atoms with van der Waals surface area (Å²) in [6.45, 7) is 0. The van der Waals surface area contributed by atoms with E-state index < -0.39 is 0 Å². The zero-order chi connectivity index (χ0) is 26.2. The van der Waals surface area contributed by atoms with Crippen LogP contribution in [0.25, 0.3) is 0 Å². The molecule has 38 heavy (non-hydrogen) atoms. The van der Waals surface area contributed by atoms with Gasteiger partial charge in [-0.3, -0.25) is 0 Å². The molecule has 5 aromatic carbocycles. The summed E-state index contributed by atoms with van der Waals surface area (Å²) in [6.07, 6.45) is 3.57. The second-order valence-corrected chi connectivity index (χ2v) is 9.26. The molecule has 0 aliphatic carbocycles. The predicted octanol–water partition coefficient (Wildman–Crippen LogP) is 8.01. The van der Waals surface area contributed by atoms with Gasteiger partial charge in [-0.25, -0.2) is 0 Å². The maximum Gasteiger partial charge on any atom is 0.150 e. The van der Waals surface area contributed by atoms with Crippen LogP contribution in [0.3, 0.4) is 0 Å². The molecule has 0 spiro atoms. The number of hydrogen-bond acceptors (Lipinski definition) is 4. The van der Waals surface area contributed by atoms with Crippen LogP contribution in [-0.2, 0) is 25.7 Å². The fourth-order valence-electron chi connectivity index (χ4n) is 4.59. The van der Waals surface area contributed by atoms with Crippen molar-refractivity contribution in [1.82, 2.24) is 0 Å². The maximum absolute atomic E-state index is 6.19. The molecule has 5 rings (SSSR count). The van der Waals surface area contributed by atoms with Crippen LogP contribution in [0.4, 0.5) is 11.4 Å². The van der Waals surface area contributed by atoms with Gasteiger partial charge >= 0.3 is 0 Å². The Hall–Kier alpha value is -4.70. The molecule has 4 heteroatoms. The van der Waals surface area contributed by atoms with Crippen LogP contribution in [-0.4, -0.2) is 0 Å². The number of rotatable bonds is 10.